The fraction of sp³-hybridized carbons (Fsp3) is 0.295. The Morgan fingerprint density at radius 3 is 1.38 bits per heavy atom. The van der Waals surface area contributed by atoms with Crippen molar-refractivity contribution in [3.63, 3.8) is 0 Å². The van der Waals surface area contributed by atoms with Gasteiger partial charge in [0.25, 0.3) is 0 Å². The van der Waals surface area contributed by atoms with E-state index in [1.165, 1.54) is 23.8 Å². The third kappa shape index (κ3) is 18.0. The molecule has 0 bridgehead atoms. The number of methoxy groups -OCH3 is 1. The number of aromatic hydroxyl groups is 2. The minimum atomic E-state index is -0.196. The molecule has 0 atom stereocenters. The number of esters is 1. The highest BCUT2D eigenvalue weighted by Crippen LogP contribution is 2.12. The molecule has 4 nitrogen and oxygen atoms in total. The van der Waals surface area contributed by atoms with Gasteiger partial charge in [0.2, 0.25) is 0 Å². The molecule has 5 rings (SSSR count). The molecule has 2 N–H and O–H groups in total. The van der Waals surface area contributed by atoms with E-state index in [0.717, 1.165) is 53.5 Å². The molecule has 0 aliphatic heterocycles. The van der Waals surface area contributed by atoms with E-state index in [-0.39, 0.29) is 17.6 Å². The molecule has 0 aliphatic rings. The second-order valence-corrected chi connectivity index (χ2v) is 11.7. The fourth-order valence-electron chi connectivity index (χ4n) is 4.33. The highest BCUT2D eigenvalue weighted by molar-refractivity contribution is 5.72. The number of hydrogen-bond acceptors (Lipinski definition) is 4. The van der Waals surface area contributed by atoms with Crippen molar-refractivity contribution in [2.45, 2.75) is 80.6 Å². The molecule has 0 radical (unpaired) electrons. The second kappa shape index (κ2) is 24.2. The van der Waals surface area contributed by atoms with Crippen LogP contribution in [-0.2, 0) is 41.6 Å². The van der Waals surface area contributed by atoms with Crippen molar-refractivity contribution >= 4 is 5.97 Å². The van der Waals surface area contributed by atoms with Gasteiger partial charge in [-0.05, 0) is 122 Å². The van der Waals surface area contributed by atoms with Gasteiger partial charge in [-0.3, -0.25) is 4.79 Å². The van der Waals surface area contributed by atoms with Gasteiger partial charge in [0.15, 0.2) is 0 Å². The number of carbonyl (C=O) groups is 1. The standard InChI is InChI=1S/C10H12O2.2C9H11F.2C8H10O/c1-8-3-5-9(6-4-8)7-10(11)12-2;2*1-3-8-5-4-7(2)6-9(8)10;1-2-7-3-5-8(9)6-4-7;1-2-7-4-3-5-8(9)6-7/h3-6H,7H2,1-2H3;2*4-6H,3H2,1-2H3;2*3-6,9H,2H2,1H3. The lowest BCUT2D eigenvalue weighted by Gasteiger charge is -1.99. The summed E-state index contributed by atoms with van der Waals surface area (Å²) in [6.07, 6.45) is 3.91. The number of rotatable bonds is 6. The highest BCUT2D eigenvalue weighted by atomic mass is 19.1. The number of hydrogen-bond donors (Lipinski definition) is 2. The van der Waals surface area contributed by atoms with Gasteiger partial charge in [-0.15, -0.1) is 0 Å². The maximum Gasteiger partial charge on any atom is 0.309 e. The molecule has 0 unspecified atom stereocenters. The molecule has 0 fully saturated rings. The van der Waals surface area contributed by atoms with Crippen molar-refractivity contribution in [2.24, 2.45) is 0 Å². The van der Waals surface area contributed by atoms with Crippen LogP contribution >= 0.6 is 0 Å². The van der Waals surface area contributed by atoms with E-state index in [0.29, 0.717) is 17.9 Å². The van der Waals surface area contributed by atoms with Gasteiger partial charge in [0, 0.05) is 0 Å². The Labute approximate surface area is 298 Å². The van der Waals surface area contributed by atoms with Crippen LogP contribution in [0.4, 0.5) is 8.78 Å². The first-order chi connectivity index (χ1) is 23.8. The Morgan fingerprint density at radius 2 is 1.00 bits per heavy atom. The van der Waals surface area contributed by atoms with Gasteiger partial charge >= 0.3 is 5.97 Å². The van der Waals surface area contributed by atoms with Crippen LogP contribution in [-0.4, -0.2) is 23.3 Å². The van der Waals surface area contributed by atoms with Crippen molar-refractivity contribution in [2.75, 3.05) is 7.11 Å². The Balaban J connectivity index is 0.000000314. The normalized spacial score (nSPS) is 9.64. The summed E-state index contributed by atoms with van der Waals surface area (Å²) in [6, 6.07) is 33.1. The summed E-state index contributed by atoms with van der Waals surface area (Å²) in [5.41, 5.74) is 8.18. The average molecular weight is 685 g/mol. The number of halogens is 2. The quantitative estimate of drug-likeness (QED) is 0.175. The predicted octanol–water partition coefficient (Wildman–Crippen LogP) is 11.0. The monoisotopic (exact) mass is 684 g/mol. The third-order valence-electron chi connectivity index (χ3n) is 7.54. The number of phenols is 2. The third-order valence-corrected chi connectivity index (χ3v) is 7.54. The van der Waals surface area contributed by atoms with Crippen molar-refractivity contribution in [3.05, 3.63) is 165 Å². The first-order valence-corrected chi connectivity index (χ1v) is 17.0. The molecule has 0 spiro atoms. The Morgan fingerprint density at radius 1 is 0.540 bits per heavy atom. The summed E-state index contributed by atoms with van der Waals surface area (Å²) < 4.78 is 30.2. The molecule has 5 aromatic rings. The van der Waals surface area contributed by atoms with Crippen LogP contribution < -0.4 is 0 Å². The Kier molecular flexibility index (Phi) is 20.8. The van der Waals surface area contributed by atoms with E-state index in [1.54, 1.807) is 36.4 Å². The SMILES string of the molecule is CCc1ccc(C)cc1F.CCc1ccc(C)cc1F.CCc1ccc(O)cc1.CCc1cccc(O)c1.COC(=O)Cc1ccc(C)cc1. The van der Waals surface area contributed by atoms with Gasteiger partial charge in [0.1, 0.15) is 23.1 Å². The maximum atomic E-state index is 12.9. The zero-order valence-corrected chi connectivity index (χ0v) is 30.9. The second-order valence-electron chi connectivity index (χ2n) is 11.7. The zero-order valence-electron chi connectivity index (χ0n) is 30.9. The van der Waals surface area contributed by atoms with Crippen molar-refractivity contribution in [1.29, 1.82) is 0 Å². The molecule has 0 saturated heterocycles. The van der Waals surface area contributed by atoms with Crippen LogP contribution in [0.2, 0.25) is 0 Å². The van der Waals surface area contributed by atoms with Crippen LogP contribution in [0.15, 0.2) is 109 Å². The van der Waals surface area contributed by atoms with Crippen LogP contribution in [0.5, 0.6) is 11.5 Å². The molecule has 0 heterocycles. The lowest BCUT2D eigenvalue weighted by atomic mass is 10.1. The van der Waals surface area contributed by atoms with Crippen molar-refractivity contribution in [3.8, 4) is 11.5 Å². The summed E-state index contributed by atoms with van der Waals surface area (Å²) in [6.45, 7) is 13.9. The first kappa shape index (κ1) is 43.1. The minimum absolute atomic E-state index is 0.0810. The van der Waals surface area contributed by atoms with E-state index < -0.39 is 0 Å². The largest absolute Gasteiger partial charge is 0.508 e. The molecular formula is C44H54F2O4. The molecule has 268 valence electrons. The van der Waals surface area contributed by atoms with Crippen molar-refractivity contribution < 1.29 is 28.5 Å². The van der Waals surface area contributed by atoms with Crippen LogP contribution in [0.1, 0.15) is 72.2 Å². The molecular weight excluding hydrogens is 630 g/mol. The van der Waals surface area contributed by atoms with E-state index in [4.69, 9.17) is 10.2 Å². The summed E-state index contributed by atoms with van der Waals surface area (Å²) >= 11 is 0. The number of phenolic OH excluding ortho intramolecular Hbond substituents is 2. The molecule has 5 aromatic carbocycles. The molecule has 6 heteroatoms. The number of ether oxygens (including phenoxy) is 1. The van der Waals surface area contributed by atoms with Gasteiger partial charge in [-0.25, -0.2) is 8.78 Å². The Bertz CT molecular complexity index is 1630. The number of aryl methyl sites for hydroxylation is 7. The summed E-state index contributed by atoms with van der Waals surface area (Å²) in [7, 11) is 1.40. The van der Waals surface area contributed by atoms with Gasteiger partial charge < -0.3 is 14.9 Å². The summed E-state index contributed by atoms with van der Waals surface area (Å²) in [4.78, 5) is 10.8. The smallest absolute Gasteiger partial charge is 0.309 e. The topological polar surface area (TPSA) is 66.8 Å². The average Bonchev–Trinajstić information content (AvgIpc) is 3.11. The van der Waals surface area contributed by atoms with Gasteiger partial charge in [-0.1, -0.05) is 106 Å². The summed E-state index contributed by atoms with van der Waals surface area (Å²) in [5, 5.41) is 17.8. The van der Waals surface area contributed by atoms with Gasteiger partial charge in [0.05, 0.1) is 13.5 Å². The van der Waals surface area contributed by atoms with E-state index in [1.807, 2.05) is 107 Å². The lowest BCUT2D eigenvalue weighted by Crippen LogP contribution is -2.03. The van der Waals surface area contributed by atoms with E-state index in [9.17, 15) is 13.6 Å². The zero-order chi connectivity index (χ0) is 37.5. The predicted molar refractivity (Wildman–Crippen MR) is 203 cm³/mol. The van der Waals surface area contributed by atoms with Gasteiger partial charge in [-0.2, -0.15) is 0 Å². The molecule has 0 amide bonds. The molecule has 0 aromatic heterocycles. The number of carbonyl (C=O) groups excluding carboxylic acids is 1. The molecule has 50 heavy (non-hydrogen) atoms. The first-order valence-electron chi connectivity index (χ1n) is 17.0. The number of benzene rings is 5. The van der Waals surface area contributed by atoms with Crippen molar-refractivity contribution in [1.82, 2.24) is 0 Å². The van der Waals surface area contributed by atoms with Crippen LogP contribution in [0.3, 0.4) is 0 Å². The van der Waals surface area contributed by atoms with E-state index in [2.05, 4.69) is 18.6 Å². The lowest BCUT2D eigenvalue weighted by molar-refractivity contribution is -0.139. The molecule has 0 saturated carbocycles. The van der Waals surface area contributed by atoms with Crippen LogP contribution in [0, 0.1) is 32.4 Å². The highest BCUT2D eigenvalue weighted by Gasteiger charge is 2.01. The molecule has 0 aliphatic carbocycles. The Hall–Kier alpha value is -4.97. The van der Waals surface area contributed by atoms with Crippen LogP contribution in [0.25, 0.3) is 0 Å². The maximum absolute atomic E-state index is 12.9. The summed E-state index contributed by atoms with van der Waals surface area (Å²) in [5.74, 6) is 0.338. The minimum Gasteiger partial charge on any atom is -0.508 e. The fourth-order valence-corrected chi connectivity index (χ4v) is 4.33. The van der Waals surface area contributed by atoms with E-state index >= 15 is 0 Å².